The lowest BCUT2D eigenvalue weighted by atomic mass is 10.1. The van der Waals surface area contributed by atoms with Crippen LogP contribution in [0.5, 0.6) is 11.5 Å². The Bertz CT molecular complexity index is 1070. The van der Waals surface area contributed by atoms with E-state index in [9.17, 15) is 18.3 Å². The van der Waals surface area contributed by atoms with Crippen molar-refractivity contribution in [1.29, 1.82) is 0 Å². The van der Waals surface area contributed by atoms with E-state index in [1.807, 2.05) is 30.3 Å². The van der Waals surface area contributed by atoms with Crippen LogP contribution in [0.4, 0.5) is 0 Å². The second kappa shape index (κ2) is 8.14. The summed E-state index contributed by atoms with van der Waals surface area (Å²) in [7, 11) is -3.55. The monoisotopic (exact) mass is 398 g/mol. The molecule has 0 saturated heterocycles. The standard InChI is InChI=1S/C21H18O6S/c22-20-11-8-17(14-19(20)21(23)24)27-12-13-28(25,26)18-9-6-16(7-10-18)15-4-2-1-3-5-15/h1-11,14,22H,12-13H2,(H,23,24). The summed E-state index contributed by atoms with van der Waals surface area (Å²) in [5.41, 5.74) is 1.61. The van der Waals surface area contributed by atoms with Gasteiger partial charge in [0.15, 0.2) is 9.84 Å². The van der Waals surface area contributed by atoms with E-state index >= 15 is 0 Å². The molecule has 2 N–H and O–H groups in total. The molecule has 0 saturated carbocycles. The summed E-state index contributed by atoms with van der Waals surface area (Å²) in [6.45, 7) is -0.146. The van der Waals surface area contributed by atoms with Crippen LogP contribution in [0.25, 0.3) is 11.1 Å². The van der Waals surface area contributed by atoms with E-state index in [1.165, 1.54) is 12.1 Å². The minimum Gasteiger partial charge on any atom is -0.507 e. The predicted octanol–water partition coefficient (Wildman–Crippen LogP) is 3.61. The van der Waals surface area contributed by atoms with Gasteiger partial charge >= 0.3 is 5.97 Å². The Hall–Kier alpha value is -3.32. The van der Waals surface area contributed by atoms with Crippen LogP contribution in [0.3, 0.4) is 0 Å². The van der Waals surface area contributed by atoms with Crippen molar-refractivity contribution in [3.8, 4) is 22.6 Å². The van der Waals surface area contributed by atoms with Gasteiger partial charge in [-0.05, 0) is 41.5 Å². The number of carboxylic acid groups (broad SMARTS) is 1. The van der Waals surface area contributed by atoms with Gasteiger partial charge in [-0.25, -0.2) is 13.2 Å². The number of carboxylic acids is 1. The smallest absolute Gasteiger partial charge is 0.339 e. The van der Waals surface area contributed by atoms with Gasteiger partial charge in [-0.15, -0.1) is 0 Å². The molecule has 7 heteroatoms. The summed E-state index contributed by atoms with van der Waals surface area (Å²) in [5.74, 6) is -1.77. The normalized spacial score (nSPS) is 11.1. The van der Waals surface area contributed by atoms with Crippen LogP contribution in [0.2, 0.25) is 0 Å². The van der Waals surface area contributed by atoms with Crippen LogP contribution in [0, 0.1) is 0 Å². The number of rotatable bonds is 7. The summed E-state index contributed by atoms with van der Waals surface area (Å²) in [6, 6.07) is 20.0. The fourth-order valence-electron chi connectivity index (χ4n) is 2.65. The largest absolute Gasteiger partial charge is 0.507 e. The maximum atomic E-state index is 12.5. The zero-order chi connectivity index (χ0) is 20.1. The Morgan fingerprint density at radius 2 is 1.54 bits per heavy atom. The second-order valence-corrected chi connectivity index (χ2v) is 8.15. The molecule has 0 radical (unpaired) electrons. The van der Waals surface area contributed by atoms with Crippen LogP contribution in [-0.2, 0) is 9.84 Å². The molecular weight excluding hydrogens is 380 g/mol. The van der Waals surface area contributed by atoms with Crippen molar-refractivity contribution in [2.24, 2.45) is 0 Å². The molecular formula is C21H18O6S. The molecule has 3 aromatic carbocycles. The number of hydrogen-bond acceptors (Lipinski definition) is 5. The molecule has 28 heavy (non-hydrogen) atoms. The Labute approximate surface area is 162 Å². The highest BCUT2D eigenvalue weighted by molar-refractivity contribution is 7.91. The van der Waals surface area contributed by atoms with Gasteiger partial charge in [0.1, 0.15) is 23.7 Å². The van der Waals surface area contributed by atoms with Crippen molar-refractivity contribution < 1.29 is 28.2 Å². The molecule has 3 aromatic rings. The van der Waals surface area contributed by atoms with Crippen LogP contribution in [-0.4, -0.2) is 37.0 Å². The zero-order valence-electron chi connectivity index (χ0n) is 14.8. The lowest BCUT2D eigenvalue weighted by molar-refractivity contribution is 0.0693. The van der Waals surface area contributed by atoms with Gasteiger partial charge < -0.3 is 14.9 Å². The van der Waals surface area contributed by atoms with Gasteiger partial charge in [0, 0.05) is 0 Å². The first kappa shape index (κ1) is 19.4. The molecule has 0 aliphatic rings. The van der Waals surface area contributed by atoms with E-state index in [0.717, 1.165) is 17.2 Å². The molecule has 0 heterocycles. The third-order valence-electron chi connectivity index (χ3n) is 4.14. The molecule has 0 aromatic heterocycles. The van der Waals surface area contributed by atoms with Crippen molar-refractivity contribution in [3.05, 3.63) is 78.4 Å². The molecule has 6 nitrogen and oxygen atoms in total. The van der Waals surface area contributed by atoms with E-state index in [1.54, 1.807) is 24.3 Å². The van der Waals surface area contributed by atoms with Gasteiger partial charge in [0.25, 0.3) is 0 Å². The molecule has 0 fully saturated rings. The molecule has 0 spiro atoms. The lowest BCUT2D eigenvalue weighted by Crippen LogP contribution is -2.14. The van der Waals surface area contributed by atoms with Crippen molar-refractivity contribution in [2.75, 3.05) is 12.4 Å². The highest BCUT2D eigenvalue weighted by atomic mass is 32.2. The topological polar surface area (TPSA) is 101 Å². The molecule has 0 aliphatic heterocycles. The Morgan fingerprint density at radius 1 is 0.893 bits per heavy atom. The van der Waals surface area contributed by atoms with Gasteiger partial charge in [-0.1, -0.05) is 42.5 Å². The second-order valence-electron chi connectivity index (χ2n) is 6.04. The third-order valence-corrected chi connectivity index (χ3v) is 5.83. The summed E-state index contributed by atoms with van der Waals surface area (Å²) in [6.07, 6.45) is 0. The minimum atomic E-state index is -3.55. The first-order valence-corrected chi connectivity index (χ1v) is 10.1. The van der Waals surface area contributed by atoms with E-state index in [0.29, 0.717) is 0 Å². The number of benzene rings is 3. The van der Waals surface area contributed by atoms with Crippen LogP contribution in [0.1, 0.15) is 10.4 Å². The van der Waals surface area contributed by atoms with Crippen molar-refractivity contribution in [2.45, 2.75) is 4.90 Å². The highest BCUT2D eigenvalue weighted by Crippen LogP contribution is 2.24. The molecule has 0 bridgehead atoms. The average Bonchev–Trinajstić information content (AvgIpc) is 2.70. The van der Waals surface area contributed by atoms with E-state index in [-0.39, 0.29) is 34.3 Å². The Balaban J connectivity index is 1.66. The van der Waals surface area contributed by atoms with Crippen molar-refractivity contribution in [1.82, 2.24) is 0 Å². The number of hydrogen-bond donors (Lipinski definition) is 2. The molecule has 0 aliphatic carbocycles. The fourth-order valence-corrected chi connectivity index (χ4v) is 3.74. The van der Waals surface area contributed by atoms with E-state index < -0.39 is 15.8 Å². The zero-order valence-corrected chi connectivity index (χ0v) is 15.6. The van der Waals surface area contributed by atoms with Crippen molar-refractivity contribution in [3.63, 3.8) is 0 Å². The number of aromatic hydroxyl groups is 1. The Kier molecular flexibility index (Phi) is 5.65. The van der Waals surface area contributed by atoms with Crippen LogP contribution < -0.4 is 4.74 Å². The summed E-state index contributed by atoms with van der Waals surface area (Å²) in [5, 5.41) is 18.5. The predicted molar refractivity (Wildman–Crippen MR) is 104 cm³/mol. The quantitative estimate of drug-likeness (QED) is 0.631. The van der Waals surface area contributed by atoms with Crippen LogP contribution >= 0.6 is 0 Å². The summed E-state index contributed by atoms with van der Waals surface area (Å²) < 4.78 is 30.3. The number of sulfone groups is 1. The maximum absolute atomic E-state index is 12.5. The number of aromatic carboxylic acids is 1. The van der Waals surface area contributed by atoms with Gasteiger partial charge in [0.05, 0.1) is 10.6 Å². The maximum Gasteiger partial charge on any atom is 0.339 e. The molecule has 0 unspecified atom stereocenters. The van der Waals surface area contributed by atoms with Crippen molar-refractivity contribution >= 4 is 15.8 Å². The molecule has 0 atom stereocenters. The van der Waals surface area contributed by atoms with Crippen LogP contribution in [0.15, 0.2) is 77.7 Å². The van der Waals surface area contributed by atoms with E-state index in [2.05, 4.69) is 0 Å². The first-order chi connectivity index (χ1) is 13.4. The number of ether oxygens (including phenoxy) is 1. The summed E-state index contributed by atoms with van der Waals surface area (Å²) in [4.78, 5) is 11.2. The van der Waals surface area contributed by atoms with Gasteiger partial charge in [-0.2, -0.15) is 0 Å². The molecule has 0 amide bonds. The van der Waals surface area contributed by atoms with E-state index in [4.69, 9.17) is 9.84 Å². The molecule has 3 rings (SSSR count). The SMILES string of the molecule is O=C(O)c1cc(OCCS(=O)(=O)c2ccc(-c3ccccc3)cc2)ccc1O. The number of carbonyl (C=O) groups is 1. The third kappa shape index (κ3) is 4.50. The average molecular weight is 398 g/mol. The number of phenols is 1. The van der Waals surface area contributed by atoms with Gasteiger partial charge in [-0.3, -0.25) is 0 Å². The Morgan fingerprint density at radius 3 is 2.18 bits per heavy atom. The highest BCUT2D eigenvalue weighted by Gasteiger charge is 2.16. The first-order valence-electron chi connectivity index (χ1n) is 8.44. The minimum absolute atomic E-state index is 0.146. The fraction of sp³-hybridized carbons (Fsp3) is 0.0952. The lowest BCUT2D eigenvalue weighted by Gasteiger charge is -2.09. The summed E-state index contributed by atoms with van der Waals surface area (Å²) >= 11 is 0. The molecule has 144 valence electrons. The van der Waals surface area contributed by atoms with Gasteiger partial charge in [0.2, 0.25) is 0 Å².